The average molecular weight is 374 g/mol. The topological polar surface area (TPSA) is 59.7 Å². The van der Waals surface area contributed by atoms with Crippen molar-refractivity contribution in [3.05, 3.63) is 22.1 Å². The molecule has 1 aliphatic heterocycles. The van der Waals surface area contributed by atoms with Crippen molar-refractivity contribution >= 4 is 45.0 Å². The van der Waals surface area contributed by atoms with Gasteiger partial charge < -0.3 is 9.64 Å². The van der Waals surface area contributed by atoms with E-state index < -0.39 is 0 Å². The molecule has 0 N–H and O–H groups in total. The van der Waals surface area contributed by atoms with Crippen LogP contribution in [0.5, 0.6) is 0 Å². The monoisotopic (exact) mass is 372 g/mol. The maximum Gasteiger partial charge on any atom is 0.310 e. The van der Waals surface area contributed by atoms with Crippen LogP contribution in [0.4, 0.5) is 5.95 Å². The highest BCUT2D eigenvalue weighted by molar-refractivity contribution is 9.10. The smallest absolute Gasteiger partial charge is 0.310 e. The van der Waals surface area contributed by atoms with Crippen LogP contribution in [0.1, 0.15) is 12.8 Å². The standard InChI is InChI=1S/C13H14BrClN4O2/c1-21-12(20)8-3-2-5-18(7-8)13-17-10(14)9-11(15)16-4-6-19(9)13/h4,6,8H,2-3,5,7H2,1H3. The van der Waals surface area contributed by atoms with E-state index in [1.807, 2.05) is 10.6 Å². The number of halogens is 2. The fourth-order valence-corrected chi connectivity index (χ4v) is 3.58. The van der Waals surface area contributed by atoms with E-state index in [0.29, 0.717) is 16.3 Å². The minimum Gasteiger partial charge on any atom is -0.469 e. The molecular formula is C13H14BrClN4O2. The summed E-state index contributed by atoms with van der Waals surface area (Å²) in [6, 6.07) is 0. The van der Waals surface area contributed by atoms with Gasteiger partial charge in [-0.15, -0.1) is 0 Å². The van der Waals surface area contributed by atoms with Crippen molar-refractivity contribution in [2.75, 3.05) is 25.1 Å². The SMILES string of the molecule is COC(=O)C1CCCN(c2nc(Br)c3c(Cl)nccn23)C1. The molecule has 1 saturated heterocycles. The number of anilines is 1. The molecule has 0 bridgehead atoms. The number of esters is 1. The second-order valence-corrected chi connectivity index (χ2v) is 6.06. The fraction of sp³-hybridized carbons (Fsp3) is 0.462. The minimum absolute atomic E-state index is 0.118. The molecule has 0 aliphatic carbocycles. The van der Waals surface area contributed by atoms with Gasteiger partial charge in [-0.25, -0.2) is 9.97 Å². The van der Waals surface area contributed by atoms with Crippen molar-refractivity contribution in [2.45, 2.75) is 12.8 Å². The molecule has 0 radical (unpaired) electrons. The lowest BCUT2D eigenvalue weighted by Crippen LogP contribution is -2.40. The van der Waals surface area contributed by atoms with Gasteiger partial charge in [-0.3, -0.25) is 9.20 Å². The second-order valence-electron chi connectivity index (χ2n) is 4.95. The Hall–Kier alpha value is -1.34. The third kappa shape index (κ3) is 2.60. The molecule has 1 fully saturated rings. The van der Waals surface area contributed by atoms with Gasteiger partial charge in [-0.05, 0) is 28.8 Å². The van der Waals surface area contributed by atoms with Crippen molar-refractivity contribution in [3.8, 4) is 0 Å². The molecule has 3 heterocycles. The number of carbonyl (C=O) groups excluding carboxylic acids is 1. The van der Waals surface area contributed by atoms with Gasteiger partial charge in [-0.2, -0.15) is 0 Å². The number of aromatic nitrogens is 3. The molecule has 2 aromatic rings. The lowest BCUT2D eigenvalue weighted by atomic mass is 9.98. The normalized spacial score (nSPS) is 19.0. The Bertz CT molecular complexity index is 690. The average Bonchev–Trinajstić information content (AvgIpc) is 2.85. The molecule has 21 heavy (non-hydrogen) atoms. The highest BCUT2D eigenvalue weighted by Crippen LogP contribution is 2.30. The van der Waals surface area contributed by atoms with Gasteiger partial charge in [0.15, 0.2) is 5.15 Å². The Morgan fingerprint density at radius 3 is 3.14 bits per heavy atom. The number of piperidine rings is 1. The maximum absolute atomic E-state index is 11.8. The Morgan fingerprint density at radius 2 is 2.38 bits per heavy atom. The molecule has 3 rings (SSSR count). The lowest BCUT2D eigenvalue weighted by Gasteiger charge is -2.31. The molecule has 1 aliphatic rings. The van der Waals surface area contributed by atoms with E-state index in [-0.39, 0.29) is 11.9 Å². The first-order valence-corrected chi connectivity index (χ1v) is 7.79. The summed E-state index contributed by atoms with van der Waals surface area (Å²) in [7, 11) is 1.42. The van der Waals surface area contributed by atoms with E-state index in [1.54, 1.807) is 6.20 Å². The summed E-state index contributed by atoms with van der Waals surface area (Å²) in [4.78, 5) is 22.4. The Balaban J connectivity index is 1.97. The summed E-state index contributed by atoms with van der Waals surface area (Å²) in [5, 5.41) is 0.393. The second kappa shape index (κ2) is 5.81. The van der Waals surface area contributed by atoms with Crippen molar-refractivity contribution < 1.29 is 9.53 Å². The van der Waals surface area contributed by atoms with E-state index in [9.17, 15) is 4.79 Å². The molecule has 8 heteroatoms. The van der Waals surface area contributed by atoms with Gasteiger partial charge >= 0.3 is 5.97 Å². The molecule has 1 atom stereocenters. The summed E-state index contributed by atoms with van der Waals surface area (Å²) >= 11 is 9.54. The van der Waals surface area contributed by atoms with Gasteiger partial charge in [0.25, 0.3) is 0 Å². The van der Waals surface area contributed by atoms with Gasteiger partial charge in [-0.1, -0.05) is 11.6 Å². The maximum atomic E-state index is 11.8. The lowest BCUT2D eigenvalue weighted by molar-refractivity contribution is -0.145. The van der Waals surface area contributed by atoms with Crippen LogP contribution in [0.25, 0.3) is 5.52 Å². The molecule has 0 saturated carbocycles. The fourth-order valence-electron chi connectivity index (χ4n) is 2.69. The minimum atomic E-state index is -0.167. The molecular weight excluding hydrogens is 360 g/mol. The highest BCUT2D eigenvalue weighted by Gasteiger charge is 2.29. The van der Waals surface area contributed by atoms with Crippen LogP contribution in [-0.4, -0.2) is 40.5 Å². The van der Waals surface area contributed by atoms with Crippen LogP contribution in [0.3, 0.4) is 0 Å². The Labute approximate surface area is 135 Å². The largest absolute Gasteiger partial charge is 0.469 e. The first-order chi connectivity index (χ1) is 10.1. The first kappa shape index (κ1) is 14.6. The Morgan fingerprint density at radius 1 is 1.57 bits per heavy atom. The number of carbonyl (C=O) groups is 1. The highest BCUT2D eigenvalue weighted by atomic mass is 79.9. The van der Waals surface area contributed by atoms with Gasteiger partial charge in [0, 0.05) is 25.5 Å². The molecule has 112 valence electrons. The summed E-state index contributed by atoms with van der Waals surface area (Å²) in [5.74, 6) is 0.473. The number of hydrogen-bond donors (Lipinski definition) is 0. The zero-order valence-electron chi connectivity index (χ0n) is 11.4. The van der Waals surface area contributed by atoms with E-state index >= 15 is 0 Å². The van der Waals surface area contributed by atoms with Crippen molar-refractivity contribution in [1.29, 1.82) is 0 Å². The molecule has 6 nitrogen and oxygen atoms in total. The van der Waals surface area contributed by atoms with Crippen molar-refractivity contribution in [3.63, 3.8) is 0 Å². The first-order valence-electron chi connectivity index (χ1n) is 6.62. The van der Waals surface area contributed by atoms with Crippen LogP contribution in [0.15, 0.2) is 17.0 Å². The quantitative estimate of drug-likeness (QED) is 0.757. The number of nitrogens with zero attached hydrogens (tertiary/aromatic N) is 4. The number of fused-ring (bicyclic) bond motifs is 1. The van der Waals surface area contributed by atoms with Crippen LogP contribution in [0.2, 0.25) is 5.15 Å². The summed E-state index contributed by atoms with van der Waals surface area (Å²) < 4.78 is 7.39. The van der Waals surface area contributed by atoms with Gasteiger partial charge in [0.2, 0.25) is 5.95 Å². The zero-order chi connectivity index (χ0) is 15.0. The number of methoxy groups -OCH3 is 1. The van der Waals surface area contributed by atoms with Crippen LogP contribution in [0, 0.1) is 5.92 Å². The molecule has 0 amide bonds. The number of ether oxygens (including phenoxy) is 1. The van der Waals surface area contributed by atoms with Crippen molar-refractivity contribution in [2.24, 2.45) is 5.92 Å². The Kier molecular flexibility index (Phi) is 4.03. The summed E-state index contributed by atoms with van der Waals surface area (Å²) in [5.41, 5.74) is 0.731. The summed E-state index contributed by atoms with van der Waals surface area (Å²) in [6.45, 7) is 1.44. The molecule has 1 unspecified atom stereocenters. The molecule has 0 aromatic carbocycles. The molecule has 0 spiro atoms. The van der Waals surface area contributed by atoms with E-state index in [0.717, 1.165) is 30.9 Å². The van der Waals surface area contributed by atoms with E-state index in [2.05, 4.69) is 30.8 Å². The number of imidazole rings is 1. The summed E-state index contributed by atoms with van der Waals surface area (Å²) in [6.07, 6.45) is 5.21. The third-order valence-corrected chi connectivity index (χ3v) is 4.52. The van der Waals surface area contributed by atoms with Crippen LogP contribution < -0.4 is 4.90 Å². The van der Waals surface area contributed by atoms with Crippen LogP contribution >= 0.6 is 27.5 Å². The third-order valence-electron chi connectivity index (χ3n) is 3.69. The van der Waals surface area contributed by atoms with Gasteiger partial charge in [0.05, 0.1) is 13.0 Å². The van der Waals surface area contributed by atoms with E-state index in [1.165, 1.54) is 7.11 Å². The van der Waals surface area contributed by atoms with Gasteiger partial charge in [0.1, 0.15) is 10.1 Å². The van der Waals surface area contributed by atoms with Crippen molar-refractivity contribution in [1.82, 2.24) is 14.4 Å². The van der Waals surface area contributed by atoms with Crippen LogP contribution in [-0.2, 0) is 9.53 Å². The molecule has 2 aromatic heterocycles. The number of hydrogen-bond acceptors (Lipinski definition) is 5. The van der Waals surface area contributed by atoms with E-state index in [4.69, 9.17) is 16.3 Å². The predicted octanol–water partition coefficient (Wildman–Crippen LogP) is 2.53. The predicted molar refractivity (Wildman–Crippen MR) is 82.7 cm³/mol. The number of rotatable bonds is 2. The zero-order valence-corrected chi connectivity index (χ0v) is 13.8.